The van der Waals surface area contributed by atoms with Crippen molar-refractivity contribution < 1.29 is 4.74 Å². The molecule has 0 saturated heterocycles. The van der Waals surface area contributed by atoms with Crippen molar-refractivity contribution in [3.05, 3.63) is 64.1 Å². The van der Waals surface area contributed by atoms with Crippen LogP contribution in [0.5, 0.6) is 5.75 Å². The molecule has 0 bridgehead atoms. The maximum Gasteiger partial charge on any atom is 0.124 e. The molecule has 0 unspecified atom stereocenters. The molecular formula is C18H22BrNO. The predicted octanol–water partition coefficient (Wildman–Crippen LogP) is 4.92. The van der Waals surface area contributed by atoms with Crippen molar-refractivity contribution in [3.63, 3.8) is 0 Å². The Bertz CT molecular complexity index is 542. The predicted molar refractivity (Wildman–Crippen MR) is 91.5 cm³/mol. The van der Waals surface area contributed by atoms with Crippen LogP contribution in [0.15, 0.2) is 53.0 Å². The molecule has 0 heterocycles. The quantitative estimate of drug-likeness (QED) is 0.684. The summed E-state index contributed by atoms with van der Waals surface area (Å²) in [6, 6.07) is 16.4. The van der Waals surface area contributed by atoms with Gasteiger partial charge >= 0.3 is 0 Å². The van der Waals surface area contributed by atoms with Crippen LogP contribution < -0.4 is 10.1 Å². The first-order valence-electron chi connectivity index (χ1n) is 7.45. The number of rotatable bonds is 8. The van der Waals surface area contributed by atoms with Gasteiger partial charge in [0.25, 0.3) is 0 Å². The first-order valence-corrected chi connectivity index (χ1v) is 8.24. The lowest BCUT2D eigenvalue weighted by Gasteiger charge is -2.13. The number of benzene rings is 2. The molecule has 0 aromatic heterocycles. The minimum atomic E-state index is 0.602. The van der Waals surface area contributed by atoms with Crippen LogP contribution in [0.1, 0.15) is 30.9 Å². The van der Waals surface area contributed by atoms with Crippen LogP contribution >= 0.6 is 15.9 Å². The van der Waals surface area contributed by atoms with Gasteiger partial charge in [-0.05, 0) is 36.7 Å². The van der Waals surface area contributed by atoms with Crippen LogP contribution in [-0.2, 0) is 13.2 Å². The van der Waals surface area contributed by atoms with Crippen molar-refractivity contribution >= 4 is 15.9 Å². The van der Waals surface area contributed by atoms with E-state index in [1.807, 2.05) is 30.3 Å². The van der Waals surface area contributed by atoms with Gasteiger partial charge in [-0.2, -0.15) is 0 Å². The third-order valence-corrected chi connectivity index (χ3v) is 3.78. The molecule has 0 radical (unpaired) electrons. The molecule has 0 saturated carbocycles. The van der Waals surface area contributed by atoms with E-state index in [-0.39, 0.29) is 0 Å². The standard InChI is InChI=1S/C18H22BrNO/c1-2-3-11-20-13-16-12-17(19)9-10-18(16)21-14-15-7-5-4-6-8-15/h4-10,12,20H,2-3,11,13-14H2,1H3. The molecule has 2 aromatic carbocycles. The van der Waals surface area contributed by atoms with Crippen LogP contribution in [-0.4, -0.2) is 6.54 Å². The fraction of sp³-hybridized carbons (Fsp3) is 0.333. The molecule has 3 heteroatoms. The Morgan fingerprint density at radius 3 is 2.67 bits per heavy atom. The van der Waals surface area contributed by atoms with Gasteiger partial charge in [-0.25, -0.2) is 0 Å². The Hall–Kier alpha value is -1.32. The molecule has 0 atom stereocenters. The molecule has 0 amide bonds. The summed E-state index contributed by atoms with van der Waals surface area (Å²) in [6.07, 6.45) is 2.41. The van der Waals surface area contributed by atoms with Crippen molar-refractivity contribution in [2.45, 2.75) is 32.9 Å². The topological polar surface area (TPSA) is 21.3 Å². The van der Waals surface area contributed by atoms with Gasteiger partial charge < -0.3 is 10.1 Å². The Balaban J connectivity index is 1.97. The van der Waals surface area contributed by atoms with E-state index in [0.717, 1.165) is 23.3 Å². The second kappa shape index (κ2) is 8.85. The average Bonchev–Trinajstić information content (AvgIpc) is 2.52. The van der Waals surface area contributed by atoms with Gasteiger partial charge in [0.1, 0.15) is 12.4 Å². The van der Waals surface area contributed by atoms with Gasteiger partial charge in [0.05, 0.1) is 0 Å². The molecule has 0 aliphatic carbocycles. The van der Waals surface area contributed by atoms with Crippen molar-refractivity contribution in [3.8, 4) is 5.75 Å². The van der Waals surface area contributed by atoms with E-state index >= 15 is 0 Å². The van der Waals surface area contributed by atoms with Gasteiger partial charge in [0.15, 0.2) is 0 Å². The van der Waals surface area contributed by atoms with Crippen molar-refractivity contribution in [2.24, 2.45) is 0 Å². The first kappa shape index (κ1) is 16.1. The van der Waals surface area contributed by atoms with E-state index in [0.29, 0.717) is 6.61 Å². The van der Waals surface area contributed by atoms with Gasteiger partial charge in [-0.15, -0.1) is 0 Å². The van der Waals surface area contributed by atoms with Crippen LogP contribution in [0.4, 0.5) is 0 Å². The Morgan fingerprint density at radius 1 is 1.10 bits per heavy atom. The second-order valence-electron chi connectivity index (χ2n) is 5.06. The molecule has 0 spiro atoms. The van der Waals surface area contributed by atoms with Crippen LogP contribution in [0, 0.1) is 0 Å². The van der Waals surface area contributed by atoms with Gasteiger partial charge in [-0.3, -0.25) is 0 Å². The normalized spacial score (nSPS) is 10.6. The lowest BCUT2D eigenvalue weighted by Crippen LogP contribution is -2.15. The van der Waals surface area contributed by atoms with Crippen LogP contribution in [0.3, 0.4) is 0 Å². The number of halogens is 1. The SMILES string of the molecule is CCCCNCc1cc(Br)ccc1OCc1ccccc1. The highest BCUT2D eigenvalue weighted by Crippen LogP contribution is 2.24. The summed E-state index contributed by atoms with van der Waals surface area (Å²) >= 11 is 3.53. The zero-order valence-electron chi connectivity index (χ0n) is 12.4. The monoisotopic (exact) mass is 347 g/mol. The summed E-state index contributed by atoms with van der Waals surface area (Å²) in [7, 11) is 0. The number of ether oxygens (including phenoxy) is 1. The smallest absolute Gasteiger partial charge is 0.124 e. The molecule has 1 N–H and O–H groups in total. The van der Waals surface area contributed by atoms with E-state index in [2.05, 4.69) is 46.4 Å². The van der Waals surface area contributed by atoms with E-state index in [9.17, 15) is 0 Å². The average molecular weight is 348 g/mol. The molecule has 2 rings (SSSR count). The summed E-state index contributed by atoms with van der Waals surface area (Å²) in [5, 5.41) is 3.47. The molecule has 0 aliphatic rings. The third kappa shape index (κ3) is 5.52. The van der Waals surface area contributed by atoms with Crippen molar-refractivity contribution in [2.75, 3.05) is 6.54 Å². The lowest BCUT2D eigenvalue weighted by molar-refractivity contribution is 0.302. The van der Waals surface area contributed by atoms with Gasteiger partial charge in [-0.1, -0.05) is 59.6 Å². The van der Waals surface area contributed by atoms with Crippen LogP contribution in [0.2, 0.25) is 0 Å². The number of hydrogen-bond acceptors (Lipinski definition) is 2. The number of unbranched alkanes of at least 4 members (excludes halogenated alkanes) is 1. The summed E-state index contributed by atoms with van der Waals surface area (Å²) in [6.45, 7) is 4.68. The van der Waals surface area contributed by atoms with Gasteiger partial charge in [0.2, 0.25) is 0 Å². The van der Waals surface area contributed by atoms with Crippen molar-refractivity contribution in [1.82, 2.24) is 5.32 Å². The largest absolute Gasteiger partial charge is 0.489 e. The first-order chi connectivity index (χ1) is 10.3. The van der Waals surface area contributed by atoms with E-state index in [4.69, 9.17) is 4.74 Å². The second-order valence-corrected chi connectivity index (χ2v) is 5.97. The highest BCUT2D eigenvalue weighted by molar-refractivity contribution is 9.10. The maximum atomic E-state index is 5.97. The van der Waals surface area contributed by atoms with Crippen molar-refractivity contribution in [1.29, 1.82) is 0 Å². The Labute approximate surface area is 135 Å². The maximum absolute atomic E-state index is 5.97. The molecular weight excluding hydrogens is 326 g/mol. The van der Waals surface area contributed by atoms with E-state index < -0.39 is 0 Å². The molecule has 112 valence electrons. The third-order valence-electron chi connectivity index (χ3n) is 3.28. The van der Waals surface area contributed by atoms with E-state index in [1.165, 1.54) is 24.0 Å². The zero-order valence-corrected chi connectivity index (χ0v) is 14.0. The Kier molecular flexibility index (Phi) is 6.77. The minimum absolute atomic E-state index is 0.602. The summed E-state index contributed by atoms with van der Waals surface area (Å²) < 4.78 is 7.06. The van der Waals surface area contributed by atoms with E-state index in [1.54, 1.807) is 0 Å². The number of nitrogens with one attached hydrogen (secondary N) is 1. The zero-order chi connectivity index (χ0) is 14.9. The minimum Gasteiger partial charge on any atom is -0.489 e. The fourth-order valence-corrected chi connectivity index (χ4v) is 2.50. The highest BCUT2D eigenvalue weighted by atomic mass is 79.9. The summed E-state index contributed by atoms with van der Waals surface area (Å²) in [4.78, 5) is 0. The number of hydrogen-bond donors (Lipinski definition) is 1. The molecule has 21 heavy (non-hydrogen) atoms. The Morgan fingerprint density at radius 2 is 1.90 bits per heavy atom. The van der Waals surface area contributed by atoms with Crippen LogP contribution in [0.25, 0.3) is 0 Å². The fourth-order valence-electron chi connectivity index (χ4n) is 2.09. The molecule has 0 aliphatic heterocycles. The summed E-state index contributed by atoms with van der Waals surface area (Å²) in [5.41, 5.74) is 2.38. The van der Waals surface area contributed by atoms with Gasteiger partial charge in [0, 0.05) is 16.6 Å². The summed E-state index contributed by atoms with van der Waals surface area (Å²) in [5.74, 6) is 0.950. The molecule has 2 nitrogen and oxygen atoms in total. The lowest BCUT2D eigenvalue weighted by atomic mass is 10.2. The highest BCUT2D eigenvalue weighted by Gasteiger charge is 2.05. The molecule has 2 aromatic rings. The molecule has 0 fully saturated rings.